The minimum Gasteiger partial charge on any atom is -0.341 e. The summed E-state index contributed by atoms with van der Waals surface area (Å²) in [5.74, 6) is 0.314. The third kappa shape index (κ3) is 14.6. The molecule has 3 heteroatoms. The van der Waals surface area contributed by atoms with Gasteiger partial charge in [-0.25, -0.2) is 0 Å². The smallest absolute Gasteiger partial charge is 0.222 e. The van der Waals surface area contributed by atoms with E-state index in [0.29, 0.717) is 12.3 Å². The van der Waals surface area contributed by atoms with E-state index in [2.05, 4.69) is 24.1 Å². The summed E-state index contributed by atoms with van der Waals surface area (Å²) in [6, 6.07) is 0. The first-order valence-electron chi connectivity index (χ1n) is 11.8. The molecule has 1 aliphatic heterocycles. The summed E-state index contributed by atoms with van der Waals surface area (Å²) in [6.07, 6.45) is 26.7. The Hall–Kier alpha value is -1.12. The van der Waals surface area contributed by atoms with Crippen molar-refractivity contribution >= 4 is 12.1 Å². The predicted molar refractivity (Wildman–Crippen MR) is 119 cm³/mol. The lowest BCUT2D eigenvalue weighted by Gasteiger charge is -2.23. The van der Waals surface area contributed by atoms with Gasteiger partial charge in [-0.2, -0.15) is 0 Å². The van der Waals surface area contributed by atoms with E-state index in [-0.39, 0.29) is 0 Å². The molecule has 0 spiro atoms. The molecule has 156 valence electrons. The third-order valence-electron chi connectivity index (χ3n) is 5.41. The van der Waals surface area contributed by atoms with Crippen LogP contribution >= 0.6 is 0 Å². The zero-order chi connectivity index (χ0) is 19.4. The van der Waals surface area contributed by atoms with E-state index in [1.807, 2.05) is 11.1 Å². The van der Waals surface area contributed by atoms with Gasteiger partial charge in [-0.15, -0.1) is 0 Å². The summed E-state index contributed by atoms with van der Waals surface area (Å²) >= 11 is 0. The number of nitrogens with zero attached hydrogens (tertiary/aromatic N) is 2. The third-order valence-corrected chi connectivity index (χ3v) is 5.41. The number of carbonyl (C=O) groups excluding carboxylic acids is 1. The van der Waals surface area contributed by atoms with Crippen molar-refractivity contribution in [2.24, 2.45) is 4.99 Å². The van der Waals surface area contributed by atoms with Crippen LogP contribution in [-0.2, 0) is 4.79 Å². The van der Waals surface area contributed by atoms with Gasteiger partial charge in [0.25, 0.3) is 0 Å². The Balaban J connectivity index is 1.84. The molecule has 0 aliphatic carbocycles. The van der Waals surface area contributed by atoms with Crippen LogP contribution in [0.2, 0.25) is 0 Å². The molecule has 0 saturated heterocycles. The summed E-state index contributed by atoms with van der Waals surface area (Å²) in [7, 11) is 0. The van der Waals surface area contributed by atoms with E-state index < -0.39 is 0 Å². The molecule has 0 bridgehead atoms. The molecule has 1 rings (SSSR count). The minimum absolute atomic E-state index is 0.314. The van der Waals surface area contributed by atoms with Crippen LogP contribution in [0.15, 0.2) is 17.1 Å². The van der Waals surface area contributed by atoms with E-state index in [4.69, 9.17) is 0 Å². The molecule has 1 heterocycles. The first-order valence-corrected chi connectivity index (χ1v) is 11.8. The zero-order valence-corrected chi connectivity index (χ0v) is 18.0. The van der Waals surface area contributed by atoms with Gasteiger partial charge in [-0.3, -0.25) is 9.79 Å². The maximum atomic E-state index is 12.0. The van der Waals surface area contributed by atoms with Crippen LogP contribution in [-0.4, -0.2) is 36.7 Å². The maximum Gasteiger partial charge on any atom is 0.222 e. The molecule has 0 aromatic heterocycles. The van der Waals surface area contributed by atoms with E-state index in [0.717, 1.165) is 32.5 Å². The Bertz CT molecular complexity index is 403. The first-order chi connectivity index (χ1) is 13.3. The van der Waals surface area contributed by atoms with Crippen molar-refractivity contribution in [2.45, 2.75) is 110 Å². The molecular weight excluding hydrogens is 332 g/mol. The summed E-state index contributed by atoms with van der Waals surface area (Å²) < 4.78 is 0. The number of allylic oxidation sites excluding steroid dienone is 2. The van der Waals surface area contributed by atoms with E-state index in [9.17, 15) is 4.79 Å². The molecule has 0 fully saturated rings. The lowest BCUT2D eigenvalue weighted by molar-refractivity contribution is -0.131. The van der Waals surface area contributed by atoms with Crippen LogP contribution in [0.1, 0.15) is 110 Å². The second kappa shape index (κ2) is 18.3. The first kappa shape index (κ1) is 23.9. The molecule has 27 heavy (non-hydrogen) atoms. The molecule has 1 aliphatic rings. The largest absolute Gasteiger partial charge is 0.341 e. The molecule has 0 saturated carbocycles. The standard InChI is InChI=1S/C24H44N2O/c1-2-3-4-5-6-7-8-9-10-11-12-13-14-15-16-17-22-26-23-21-25-20-18-19-24(26)27/h9-10,20H,2-8,11-19,21-23H2,1H3/b10-9+,25-20-. The molecule has 0 atom stereocenters. The van der Waals surface area contributed by atoms with Crippen molar-refractivity contribution in [2.75, 3.05) is 19.6 Å². The Kier molecular flexibility index (Phi) is 16.2. The Morgan fingerprint density at radius 3 is 2.15 bits per heavy atom. The number of amides is 1. The van der Waals surface area contributed by atoms with Gasteiger partial charge in [-0.1, -0.05) is 76.9 Å². The van der Waals surface area contributed by atoms with Crippen LogP contribution in [0.25, 0.3) is 0 Å². The van der Waals surface area contributed by atoms with Gasteiger partial charge in [0.15, 0.2) is 0 Å². The van der Waals surface area contributed by atoms with Crippen LogP contribution in [0, 0.1) is 0 Å². The highest BCUT2D eigenvalue weighted by molar-refractivity contribution is 5.79. The van der Waals surface area contributed by atoms with Gasteiger partial charge in [0, 0.05) is 19.5 Å². The fraction of sp³-hybridized carbons (Fsp3) is 0.833. The Morgan fingerprint density at radius 2 is 1.48 bits per heavy atom. The van der Waals surface area contributed by atoms with E-state index in [1.165, 1.54) is 83.5 Å². The molecule has 0 radical (unpaired) electrons. The molecule has 0 aromatic carbocycles. The summed E-state index contributed by atoms with van der Waals surface area (Å²) in [5.41, 5.74) is 0. The second-order valence-corrected chi connectivity index (χ2v) is 7.95. The van der Waals surface area contributed by atoms with Crippen molar-refractivity contribution in [3.8, 4) is 0 Å². The number of hydrogen-bond acceptors (Lipinski definition) is 2. The van der Waals surface area contributed by atoms with E-state index >= 15 is 0 Å². The highest BCUT2D eigenvalue weighted by Crippen LogP contribution is 2.11. The monoisotopic (exact) mass is 376 g/mol. The second-order valence-electron chi connectivity index (χ2n) is 7.95. The number of aliphatic imine (C=N–C) groups is 1. The molecule has 1 amide bonds. The lowest BCUT2D eigenvalue weighted by Crippen LogP contribution is -2.34. The zero-order valence-electron chi connectivity index (χ0n) is 18.0. The SMILES string of the molecule is CCCCCCCC/C=C/CCCCCCCCN1CC/N=C\CCC1=O. The van der Waals surface area contributed by atoms with Gasteiger partial charge in [0.05, 0.1) is 6.54 Å². The van der Waals surface area contributed by atoms with Crippen molar-refractivity contribution in [1.29, 1.82) is 0 Å². The van der Waals surface area contributed by atoms with Crippen molar-refractivity contribution in [3.05, 3.63) is 12.2 Å². The van der Waals surface area contributed by atoms with Crippen LogP contribution in [0.4, 0.5) is 0 Å². The van der Waals surface area contributed by atoms with E-state index in [1.54, 1.807) is 0 Å². The van der Waals surface area contributed by atoms with Crippen LogP contribution < -0.4 is 0 Å². The quantitative estimate of drug-likeness (QED) is 0.217. The molecular formula is C24H44N2O. The van der Waals surface area contributed by atoms with Gasteiger partial charge in [-0.05, 0) is 44.7 Å². The highest BCUT2D eigenvalue weighted by atomic mass is 16.2. The highest BCUT2D eigenvalue weighted by Gasteiger charge is 2.13. The fourth-order valence-corrected chi connectivity index (χ4v) is 3.62. The summed E-state index contributed by atoms with van der Waals surface area (Å²) in [4.78, 5) is 18.4. The molecule has 0 unspecified atom stereocenters. The topological polar surface area (TPSA) is 32.7 Å². The molecule has 0 N–H and O–H groups in total. The Morgan fingerprint density at radius 1 is 0.889 bits per heavy atom. The molecule has 3 nitrogen and oxygen atoms in total. The van der Waals surface area contributed by atoms with Crippen LogP contribution in [0.5, 0.6) is 0 Å². The number of hydrogen-bond donors (Lipinski definition) is 0. The summed E-state index contributed by atoms with van der Waals surface area (Å²) in [6.45, 7) is 4.78. The summed E-state index contributed by atoms with van der Waals surface area (Å²) in [5, 5.41) is 0. The predicted octanol–water partition coefficient (Wildman–Crippen LogP) is 6.72. The Labute approximate surface area is 168 Å². The van der Waals surface area contributed by atoms with Crippen molar-refractivity contribution in [3.63, 3.8) is 0 Å². The average molecular weight is 377 g/mol. The lowest BCUT2D eigenvalue weighted by atomic mass is 10.1. The van der Waals surface area contributed by atoms with Crippen LogP contribution in [0.3, 0.4) is 0 Å². The van der Waals surface area contributed by atoms with Gasteiger partial charge >= 0.3 is 0 Å². The normalized spacial score (nSPS) is 16.6. The number of carbonyl (C=O) groups is 1. The molecule has 0 aromatic rings. The van der Waals surface area contributed by atoms with Gasteiger partial charge in [0.1, 0.15) is 0 Å². The van der Waals surface area contributed by atoms with Gasteiger partial charge in [0.2, 0.25) is 5.91 Å². The van der Waals surface area contributed by atoms with Gasteiger partial charge < -0.3 is 4.90 Å². The van der Waals surface area contributed by atoms with Crippen molar-refractivity contribution < 1.29 is 4.79 Å². The van der Waals surface area contributed by atoms with Crippen molar-refractivity contribution in [1.82, 2.24) is 4.90 Å². The number of unbranched alkanes of at least 4 members (excludes halogenated alkanes) is 12. The maximum absolute atomic E-state index is 12.0. The number of rotatable bonds is 16. The minimum atomic E-state index is 0.314. The fourth-order valence-electron chi connectivity index (χ4n) is 3.62. The average Bonchev–Trinajstić information content (AvgIpc) is 2.66.